The molecule has 92 valence electrons. The fraction of sp³-hybridized carbons (Fsp3) is 0.308. The number of hydrogen-bond donors (Lipinski definition) is 1. The second kappa shape index (κ2) is 3.66. The zero-order valence-electron chi connectivity index (χ0n) is 10.0. The Bertz CT molecular complexity index is 597. The highest BCUT2D eigenvalue weighted by Crippen LogP contribution is 2.46. The van der Waals surface area contributed by atoms with Crippen LogP contribution >= 0.6 is 0 Å². The van der Waals surface area contributed by atoms with Gasteiger partial charge >= 0.3 is 0 Å². The van der Waals surface area contributed by atoms with Gasteiger partial charge in [-0.2, -0.15) is 4.98 Å². The first-order valence-corrected chi connectivity index (χ1v) is 5.83. The number of aryl methyl sites for hydroxylation is 1. The molecule has 0 bridgehead atoms. The minimum absolute atomic E-state index is 0.376. The molecule has 2 N–H and O–H groups in total. The van der Waals surface area contributed by atoms with Gasteiger partial charge in [-0.3, -0.25) is 4.79 Å². The second-order valence-electron chi connectivity index (χ2n) is 4.74. The molecule has 0 spiro atoms. The molecule has 0 atom stereocenters. The molecule has 1 saturated carbocycles. The normalized spacial score (nSPS) is 16.5. The van der Waals surface area contributed by atoms with Crippen LogP contribution in [-0.4, -0.2) is 16.0 Å². The quantitative estimate of drug-likeness (QED) is 0.886. The number of carbonyl (C=O) groups excluding carboxylic acids is 1. The number of benzene rings is 1. The Morgan fingerprint density at radius 1 is 1.33 bits per heavy atom. The van der Waals surface area contributed by atoms with E-state index >= 15 is 0 Å². The molecule has 3 rings (SSSR count). The fourth-order valence-electron chi connectivity index (χ4n) is 1.94. The molecule has 18 heavy (non-hydrogen) atoms. The first kappa shape index (κ1) is 11.0. The third-order valence-electron chi connectivity index (χ3n) is 3.37. The number of nitrogens with two attached hydrogens (primary N) is 1. The average molecular weight is 243 g/mol. The van der Waals surface area contributed by atoms with Crippen LogP contribution in [0.5, 0.6) is 0 Å². The monoisotopic (exact) mass is 243 g/mol. The van der Waals surface area contributed by atoms with Crippen LogP contribution in [0.2, 0.25) is 0 Å². The lowest BCUT2D eigenvalue weighted by molar-refractivity contribution is -0.120. The molecule has 5 nitrogen and oxygen atoms in total. The highest BCUT2D eigenvalue weighted by molar-refractivity contribution is 5.88. The Morgan fingerprint density at radius 3 is 2.56 bits per heavy atom. The predicted molar refractivity (Wildman–Crippen MR) is 64.6 cm³/mol. The molecule has 0 radical (unpaired) electrons. The molecule has 1 aromatic carbocycles. The van der Waals surface area contributed by atoms with Crippen molar-refractivity contribution in [3.05, 3.63) is 35.7 Å². The third kappa shape index (κ3) is 1.59. The predicted octanol–water partition coefficient (Wildman–Crippen LogP) is 1.56. The van der Waals surface area contributed by atoms with Gasteiger partial charge in [-0.15, -0.1) is 0 Å². The van der Waals surface area contributed by atoms with Crippen molar-refractivity contribution in [2.45, 2.75) is 25.2 Å². The van der Waals surface area contributed by atoms with Gasteiger partial charge in [-0.1, -0.05) is 22.9 Å². The van der Waals surface area contributed by atoms with Crippen molar-refractivity contribution in [3.8, 4) is 11.5 Å². The van der Waals surface area contributed by atoms with Gasteiger partial charge in [0, 0.05) is 5.56 Å². The average Bonchev–Trinajstić information content (AvgIpc) is 3.03. The first-order chi connectivity index (χ1) is 8.62. The summed E-state index contributed by atoms with van der Waals surface area (Å²) in [6, 6.07) is 7.77. The van der Waals surface area contributed by atoms with E-state index in [-0.39, 0.29) is 5.91 Å². The van der Waals surface area contributed by atoms with Crippen LogP contribution in [-0.2, 0) is 10.2 Å². The van der Waals surface area contributed by atoms with E-state index in [1.54, 1.807) is 0 Å². The summed E-state index contributed by atoms with van der Waals surface area (Å²) < 4.78 is 5.20. The maximum atomic E-state index is 11.4. The van der Waals surface area contributed by atoms with Gasteiger partial charge in [0.05, 0.1) is 0 Å². The fourth-order valence-corrected chi connectivity index (χ4v) is 1.94. The Morgan fingerprint density at radius 2 is 2.00 bits per heavy atom. The van der Waals surface area contributed by atoms with Crippen molar-refractivity contribution in [1.82, 2.24) is 10.1 Å². The van der Waals surface area contributed by atoms with E-state index in [2.05, 4.69) is 10.1 Å². The summed E-state index contributed by atoms with van der Waals surface area (Å²) in [5.41, 5.74) is 6.69. The van der Waals surface area contributed by atoms with Crippen LogP contribution in [0.15, 0.2) is 28.8 Å². The number of aromatic nitrogens is 2. The summed E-state index contributed by atoms with van der Waals surface area (Å²) in [5.74, 6) is 0.460. The Balaban J connectivity index is 1.95. The maximum absolute atomic E-state index is 11.4. The number of amides is 1. The van der Waals surface area contributed by atoms with Crippen molar-refractivity contribution in [2.24, 2.45) is 5.73 Å². The van der Waals surface area contributed by atoms with Gasteiger partial charge in [-0.25, -0.2) is 0 Å². The van der Waals surface area contributed by atoms with E-state index in [4.69, 9.17) is 10.3 Å². The van der Waals surface area contributed by atoms with Crippen molar-refractivity contribution < 1.29 is 9.32 Å². The summed E-state index contributed by atoms with van der Waals surface area (Å²) >= 11 is 0. The van der Waals surface area contributed by atoms with E-state index in [1.165, 1.54) is 0 Å². The standard InChI is InChI=1S/C13H13N3O2/c1-8-2-4-9(5-3-8)10-15-12(16-18-10)13(6-7-13)11(14)17/h2-5H,6-7H2,1H3,(H2,14,17). The van der Waals surface area contributed by atoms with Crippen molar-refractivity contribution in [3.63, 3.8) is 0 Å². The van der Waals surface area contributed by atoms with Crippen LogP contribution in [0.1, 0.15) is 24.2 Å². The molecule has 1 fully saturated rings. The summed E-state index contributed by atoms with van der Waals surface area (Å²) in [4.78, 5) is 15.7. The Labute approximate surface area is 104 Å². The van der Waals surface area contributed by atoms with E-state index in [0.29, 0.717) is 24.6 Å². The molecular weight excluding hydrogens is 230 g/mol. The topological polar surface area (TPSA) is 82.0 Å². The SMILES string of the molecule is Cc1ccc(-c2nc(C3(C(N)=O)CC3)no2)cc1. The first-order valence-electron chi connectivity index (χ1n) is 5.83. The molecule has 1 amide bonds. The van der Waals surface area contributed by atoms with Gasteiger partial charge in [0.2, 0.25) is 5.91 Å². The van der Waals surface area contributed by atoms with E-state index in [0.717, 1.165) is 11.1 Å². The molecule has 0 aliphatic heterocycles. The van der Waals surface area contributed by atoms with Crippen molar-refractivity contribution >= 4 is 5.91 Å². The number of primary amides is 1. The van der Waals surface area contributed by atoms with Gasteiger partial charge in [-0.05, 0) is 31.9 Å². The van der Waals surface area contributed by atoms with Gasteiger partial charge in [0.15, 0.2) is 5.82 Å². The highest BCUT2D eigenvalue weighted by Gasteiger charge is 2.54. The smallest absolute Gasteiger partial charge is 0.257 e. The molecule has 1 aromatic heterocycles. The number of hydrogen-bond acceptors (Lipinski definition) is 4. The van der Waals surface area contributed by atoms with Crippen molar-refractivity contribution in [1.29, 1.82) is 0 Å². The minimum atomic E-state index is -0.688. The highest BCUT2D eigenvalue weighted by atomic mass is 16.5. The summed E-state index contributed by atoms with van der Waals surface area (Å²) in [7, 11) is 0. The van der Waals surface area contributed by atoms with Gasteiger partial charge < -0.3 is 10.3 Å². The van der Waals surface area contributed by atoms with Gasteiger partial charge in [0.1, 0.15) is 5.41 Å². The Kier molecular flexibility index (Phi) is 2.23. The largest absolute Gasteiger partial charge is 0.369 e. The molecule has 1 aliphatic carbocycles. The second-order valence-corrected chi connectivity index (χ2v) is 4.74. The Hall–Kier alpha value is -2.17. The number of rotatable bonds is 3. The lowest BCUT2D eigenvalue weighted by Crippen LogP contribution is -2.29. The van der Waals surface area contributed by atoms with Crippen LogP contribution in [0.3, 0.4) is 0 Å². The number of carbonyl (C=O) groups is 1. The summed E-state index contributed by atoms with van der Waals surface area (Å²) in [5, 5.41) is 3.88. The summed E-state index contributed by atoms with van der Waals surface area (Å²) in [6.45, 7) is 2.01. The number of nitrogens with zero attached hydrogens (tertiary/aromatic N) is 2. The molecule has 1 aliphatic rings. The molecule has 2 aromatic rings. The zero-order chi connectivity index (χ0) is 12.8. The lowest BCUT2D eigenvalue weighted by atomic mass is 10.1. The molecule has 1 heterocycles. The maximum Gasteiger partial charge on any atom is 0.257 e. The zero-order valence-corrected chi connectivity index (χ0v) is 10.0. The van der Waals surface area contributed by atoms with E-state index < -0.39 is 5.41 Å². The minimum Gasteiger partial charge on any atom is -0.369 e. The molecular formula is C13H13N3O2. The van der Waals surface area contributed by atoms with E-state index in [9.17, 15) is 4.79 Å². The summed E-state index contributed by atoms with van der Waals surface area (Å²) in [6.07, 6.45) is 1.41. The van der Waals surface area contributed by atoms with Crippen LogP contribution in [0.4, 0.5) is 0 Å². The van der Waals surface area contributed by atoms with Gasteiger partial charge in [0.25, 0.3) is 5.89 Å². The molecule has 5 heteroatoms. The third-order valence-corrected chi connectivity index (χ3v) is 3.37. The molecule has 0 saturated heterocycles. The van der Waals surface area contributed by atoms with Crippen molar-refractivity contribution in [2.75, 3.05) is 0 Å². The van der Waals surface area contributed by atoms with E-state index in [1.807, 2.05) is 31.2 Å². The van der Waals surface area contributed by atoms with Crippen LogP contribution < -0.4 is 5.73 Å². The van der Waals surface area contributed by atoms with Crippen LogP contribution in [0.25, 0.3) is 11.5 Å². The molecule has 0 unspecified atom stereocenters. The lowest BCUT2D eigenvalue weighted by Gasteiger charge is -2.02. The van der Waals surface area contributed by atoms with Crippen LogP contribution in [0, 0.1) is 6.92 Å².